The lowest BCUT2D eigenvalue weighted by molar-refractivity contribution is -0.117. The highest BCUT2D eigenvalue weighted by molar-refractivity contribution is 7.91. The summed E-state index contributed by atoms with van der Waals surface area (Å²) < 4.78 is 49.4. The van der Waals surface area contributed by atoms with Crippen LogP contribution >= 0.6 is 11.3 Å². The number of aromatic nitrogens is 1. The number of rotatable bonds is 7. The summed E-state index contributed by atoms with van der Waals surface area (Å²) in [7, 11) is -7.16. The molecule has 0 spiro atoms. The van der Waals surface area contributed by atoms with Crippen LogP contribution in [0, 0.1) is 0 Å². The third-order valence-electron chi connectivity index (χ3n) is 4.53. The number of allylic oxidation sites excluding steroid dienone is 1. The van der Waals surface area contributed by atoms with Gasteiger partial charge in [0.05, 0.1) is 32.2 Å². The predicted octanol–water partition coefficient (Wildman–Crippen LogP) is 2.00. The normalized spacial score (nSPS) is 12.9. The second-order valence-electron chi connectivity index (χ2n) is 6.69. The number of sulfonamides is 1. The number of hydrogen-bond acceptors (Lipinski definition) is 6. The number of carbonyl (C=O) groups excluding carboxylic acids is 1. The molecule has 11 heteroatoms. The fraction of sp³-hybridized carbons (Fsp3) is 0.200. The van der Waals surface area contributed by atoms with E-state index >= 15 is 0 Å². The quantitative estimate of drug-likeness (QED) is 0.518. The molecule has 0 aliphatic heterocycles. The molecule has 0 saturated carbocycles. The molecule has 8 nitrogen and oxygen atoms in total. The van der Waals surface area contributed by atoms with Crippen LogP contribution in [0.2, 0.25) is 0 Å². The van der Waals surface area contributed by atoms with Crippen molar-refractivity contribution in [2.45, 2.75) is 29.7 Å². The van der Waals surface area contributed by atoms with Gasteiger partial charge in [0.1, 0.15) is 0 Å². The van der Waals surface area contributed by atoms with Crippen LogP contribution in [0.4, 0.5) is 0 Å². The Kier molecular flexibility index (Phi) is 6.60. The van der Waals surface area contributed by atoms with Gasteiger partial charge in [-0.25, -0.2) is 22.0 Å². The molecule has 1 aromatic heterocycles. The minimum absolute atomic E-state index is 0.00276. The predicted molar refractivity (Wildman–Crippen MR) is 120 cm³/mol. The third kappa shape index (κ3) is 5.18. The highest BCUT2D eigenvalue weighted by atomic mass is 32.2. The van der Waals surface area contributed by atoms with E-state index in [1.54, 1.807) is 35.8 Å². The molecule has 1 heterocycles. The number of sulfone groups is 1. The molecule has 3 aromatic rings. The number of nitrogens with two attached hydrogens (primary N) is 1. The molecule has 0 bridgehead atoms. The van der Waals surface area contributed by atoms with E-state index in [4.69, 9.17) is 5.14 Å². The van der Waals surface area contributed by atoms with Crippen molar-refractivity contribution in [1.82, 2.24) is 4.57 Å². The van der Waals surface area contributed by atoms with E-state index in [9.17, 15) is 21.6 Å². The standard InChI is InChI=1S/C20H21N3O5S3/c1-3-11-23-17-10-9-16(31(21,27)28)13-18(17)29-20(23)22-19(24)12-14-5-7-15(8-6-14)30(25,26)4-2/h3,5-10,13H,1,4,11-12H2,2H3,(H2,21,27,28). The van der Waals surface area contributed by atoms with Crippen molar-refractivity contribution in [2.75, 3.05) is 5.75 Å². The smallest absolute Gasteiger partial charge is 0.252 e. The molecule has 2 aromatic carbocycles. The number of fused-ring (bicyclic) bond motifs is 1. The number of nitrogens with zero attached hydrogens (tertiary/aromatic N) is 2. The second kappa shape index (κ2) is 8.87. The molecule has 31 heavy (non-hydrogen) atoms. The van der Waals surface area contributed by atoms with Gasteiger partial charge in [-0.15, -0.1) is 6.58 Å². The zero-order valence-electron chi connectivity index (χ0n) is 16.7. The molecular weight excluding hydrogens is 458 g/mol. The van der Waals surface area contributed by atoms with Gasteiger partial charge in [-0.1, -0.05) is 36.5 Å². The summed E-state index contributed by atoms with van der Waals surface area (Å²) in [4.78, 5) is 17.3. The lowest BCUT2D eigenvalue weighted by Gasteiger charge is -2.03. The van der Waals surface area contributed by atoms with Crippen molar-refractivity contribution in [2.24, 2.45) is 10.1 Å². The highest BCUT2D eigenvalue weighted by Gasteiger charge is 2.14. The summed E-state index contributed by atoms with van der Waals surface area (Å²) >= 11 is 1.17. The Bertz CT molecular complexity index is 1430. The van der Waals surface area contributed by atoms with Gasteiger partial charge in [0.25, 0.3) is 5.91 Å². The molecule has 1 amide bonds. The molecule has 3 rings (SSSR count). The Morgan fingerprint density at radius 3 is 2.35 bits per heavy atom. The lowest BCUT2D eigenvalue weighted by atomic mass is 10.1. The minimum atomic E-state index is -3.85. The third-order valence-corrected chi connectivity index (χ3v) is 8.24. The van der Waals surface area contributed by atoms with Crippen LogP contribution in [0.3, 0.4) is 0 Å². The largest absolute Gasteiger partial charge is 0.313 e. The first-order valence-electron chi connectivity index (χ1n) is 9.21. The highest BCUT2D eigenvalue weighted by Crippen LogP contribution is 2.21. The monoisotopic (exact) mass is 479 g/mol. The number of thiazole rings is 1. The summed E-state index contributed by atoms with van der Waals surface area (Å²) in [6, 6.07) is 10.6. The molecular formula is C20H21N3O5S3. The van der Waals surface area contributed by atoms with E-state index in [1.165, 1.54) is 35.6 Å². The summed E-state index contributed by atoms with van der Waals surface area (Å²) in [6.07, 6.45) is 1.65. The van der Waals surface area contributed by atoms with E-state index < -0.39 is 25.8 Å². The van der Waals surface area contributed by atoms with Crippen molar-refractivity contribution >= 4 is 47.3 Å². The fourth-order valence-corrected chi connectivity index (χ4v) is 5.52. The first-order valence-corrected chi connectivity index (χ1v) is 13.2. The van der Waals surface area contributed by atoms with E-state index in [2.05, 4.69) is 11.6 Å². The summed E-state index contributed by atoms with van der Waals surface area (Å²) in [5.74, 6) is -0.412. The Labute approximate surface area is 184 Å². The van der Waals surface area contributed by atoms with Crippen LogP contribution in [-0.4, -0.2) is 33.1 Å². The van der Waals surface area contributed by atoms with Gasteiger partial charge in [0.2, 0.25) is 10.0 Å². The molecule has 0 aliphatic rings. The molecule has 0 atom stereocenters. The van der Waals surface area contributed by atoms with Crippen molar-refractivity contribution in [1.29, 1.82) is 0 Å². The summed E-state index contributed by atoms with van der Waals surface area (Å²) in [5, 5.41) is 5.20. The fourth-order valence-electron chi connectivity index (χ4n) is 2.92. The first-order chi connectivity index (χ1) is 14.5. The average Bonchev–Trinajstić information content (AvgIpc) is 3.04. The van der Waals surface area contributed by atoms with Gasteiger partial charge in [0.15, 0.2) is 14.6 Å². The molecule has 164 valence electrons. The van der Waals surface area contributed by atoms with Gasteiger partial charge in [0, 0.05) is 6.54 Å². The van der Waals surface area contributed by atoms with E-state index in [0.717, 1.165) is 0 Å². The first kappa shape index (κ1) is 23.1. The molecule has 0 unspecified atom stereocenters. The number of primary sulfonamides is 1. The van der Waals surface area contributed by atoms with Crippen molar-refractivity contribution in [3.63, 3.8) is 0 Å². The van der Waals surface area contributed by atoms with E-state index in [1.807, 2.05) is 0 Å². The number of carbonyl (C=O) groups is 1. The zero-order valence-corrected chi connectivity index (χ0v) is 19.1. The summed E-state index contributed by atoms with van der Waals surface area (Å²) in [5.41, 5.74) is 1.34. The van der Waals surface area contributed by atoms with Gasteiger partial charge in [-0.05, 0) is 35.9 Å². The van der Waals surface area contributed by atoms with Gasteiger partial charge in [-0.2, -0.15) is 4.99 Å². The van der Waals surface area contributed by atoms with Crippen LogP contribution in [0.15, 0.2) is 69.9 Å². The molecule has 0 fully saturated rings. The Morgan fingerprint density at radius 1 is 1.13 bits per heavy atom. The maximum Gasteiger partial charge on any atom is 0.252 e. The van der Waals surface area contributed by atoms with Crippen molar-refractivity contribution in [3.8, 4) is 0 Å². The Balaban J connectivity index is 1.96. The summed E-state index contributed by atoms with van der Waals surface area (Å²) in [6.45, 7) is 5.66. The van der Waals surface area contributed by atoms with Crippen LogP contribution in [0.1, 0.15) is 12.5 Å². The second-order valence-corrected chi connectivity index (χ2v) is 11.5. The lowest BCUT2D eigenvalue weighted by Crippen LogP contribution is -2.17. The van der Waals surface area contributed by atoms with E-state index in [0.29, 0.717) is 27.1 Å². The van der Waals surface area contributed by atoms with Gasteiger partial charge >= 0.3 is 0 Å². The maximum atomic E-state index is 12.5. The van der Waals surface area contributed by atoms with Crippen LogP contribution < -0.4 is 9.94 Å². The number of benzene rings is 2. The van der Waals surface area contributed by atoms with Crippen LogP contribution in [-0.2, 0) is 37.6 Å². The van der Waals surface area contributed by atoms with E-state index in [-0.39, 0.29) is 22.0 Å². The number of hydrogen-bond donors (Lipinski definition) is 1. The van der Waals surface area contributed by atoms with Gasteiger partial charge in [-0.3, -0.25) is 4.79 Å². The Hall–Kier alpha value is -2.60. The topological polar surface area (TPSA) is 129 Å². The molecule has 0 aliphatic carbocycles. The van der Waals surface area contributed by atoms with Crippen molar-refractivity contribution < 1.29 is 21.6 Å². The zero-order chi connectivity index (χ0) is 22.8. The molecule has 0 saturated heterocycles. The SMILES string of the molecule is C=CCn1c(=NC(=O)Cc2ccc(S(=O)(=O)CC)cc2)sc2cc(S(N)(=O)=O)ccc21. The van der Waals surface area contributed by atoms with Gasteiger partial charge < -0.3 is 4.57 Å². The number of amides is 1. The maximum absolute atomic E-state index is 12.5. The molecule has 2 N–H and O–H groups in total. The average molecular weight is 480 g/mol. The molecule has 0 radical (unpaired) electrons. The van der Waals surface area contributed by atoms with Crippen molar-refractivity contribution in [3.05, 3.63) is 65.5 Å². The minimum Gasteiger partial charge on any atom is -0.313 e. The van der Waals surface area contributed by atoms with Crippen LogP contribution in [0.5, 0.6) is 0 Å². The van der Waals surface area contributed by atoms with Crippen LogP contribution in [0.25, 0.3) is 10.2 Å². The Morgan fingerprint density at radius 2 is 1.77 bits per heavy atom.